The van der Waals surface area contributed by atoms with Gasteiger partial charge >= 0.3 is 0 Å². The van der Waals surface area contributed by atoms with Gasteiger partial charge in [-0.3, -0.25) is 9.69 Å². The fraction of sp³-hybridized carbons (Fsp3) is 0.611. The minimum Gasteiger partial charge on any atom is -0.329 e. The number of rotatable bonds is 8. The predicted molar refractivity (Wildman–Crippen MR) is 118 cm³/mol. The molecular formula is C18H32Cl2N4O3S. The van der Waals surface area contributed by atoms with E-state index in [0.717, 1.165) is 25.9 Å². The van der Waals surface area contributed by atoms with Gasteiger partial charge in [-0.05, 0) is 50.0 Å². The van der Waals surface area contributed by atoms with Crippen molar-refractivity contribution in [3.05, 3.63) is 24.3 Å². The summed E-state index contributed by atoms with van der Waals surface area (Å²) < 4.78 is 26.9. The smallest absolute Gasteiger partial charge is 0.241 e. The molecule has 28 heavy (non-hydrogen) atoms. The molecule has 1 amide bonds. The summed E-state index contributed by atoms with van der Waals surface area (Å²) in [7, 11) is -3.63. The molecular weight excluding hydrogens is 423 g/mol. The number of amides is 1. The van der Waals surface area contributed by atoms with E-state index in [1.54, 1.807) is 12.1 Å². The van der Waals surface area contributed by atoms with Crippen LogP contribution in [-0.2, 0) is 14.8 Å². The first kappa shape index (κ1) is 27.1. The average Bonchev–Trinajstić information content (AvgIpc) is 2.61. The number of nitrogens with zero attached hydrogens (tertiary/aromatic N) is 1. The van der Waals surface area contributed by atoms with Crippen molar-refractivity contribution in [2.45, 2.75) is 44.0 Å². The molecule has 0 bridgehead atoms. The highest BCUT2D eigenvalue weighted by atomic mass is 35.5. The van der Waals surface area contributed by atoms with Crippen LogP contribution in [0.25, 0.3) is 0 Å². The number of carbonyl (C=O) groups is 1. The largest absolute Gasteiger partial charge is 0.329 e. The van der Waals surface area contributed by atoms with Gasteiger partial charge in [0.25, 0.3) is 0 Å². The van der Waals surface area contributed by atoms with Crippen LogP contribution in [0.2, 0.25) is 0 Å². The summed E-state index contributed by atoms with van der Waals surface area (Å²) in [6.45, 7) is 6.32. The number of hydrogen-bond donors (Lipinski definition) is 3. The van der Waals surface area contributed by atoms with Gasteiger partial charge in [-0.25, -0.2) is 13.1 Å². The molecule has 7 nitrogen and oxygen atoms in total. The van der Waals surface area contributed by atoms with Crippen molar-refractivity contribution in [3.8, 4) is 0 Å². The molecule has 0 aliphatic carbocycles. The van der Waals surface area contributed by atoms with Crippen LogP contribution in [0.15, 0.2) is 29.2 Å². The van der Waals surface area contributed by atoms with Gasteiger partial charge in [-0.1, -0.05) is 26.3 Å². The Bertz CT molecular complexity index is 711. The zero-order valence-corrected chi connectivity index (χ0v) is 18.8. The second kappa shape index (κ2) is 12.6. The third-order valence-electron chi connectivity index (χ3n) is 4.53. The zero-order chi connectivity index (χ0) is 19.2. The quantitative estimate of drug-likeness (QED) is 0.558. The van der Waals surface area contributed by atoms with Crippen LogP contribution in [0.3, 0.4) is 0 Å². The predicted octanol–water partition coefficient (Wildman–Crippen LogP) is 2.22. The molecule has 4 N–H and O–H groups in total. The Labute approximate surface area is 180 Å². The van der Waals surface area contributed by atoms with E-state index in [2.05, 4.69) is 14.9 Å². The molecule has 1 saturated heterocycles. The molecule has 0 radical (unpaired) electrons. The first-order valence-corrected chi connectivity index (χ1v) is 10.7. The maximum absolute atomic E-state index is 12.9. The van der Waals surface area contributed by atoms with Gasteiger partial charge in [-0.2, -0.15) is 0 Å². The van der Waals surface area contributed by atoms with Gasteiger partial charge < -0.3 is 11.1 Å². The maximum Gasteiger partial charge on any atom is 0.241 e. The molecule has 1 aliphatic heterocycles. The van der Waals surface area contributed by atoms with E-state index < -0.39 is 10.0 Å². The van der Waals surface area contributed by atoms with Crippen molar-refractivity contribution in [1.29, 1.82) is 0 Å². The van der Waals surface area contributed by atoms with E-state index in [9.17, 15) is 13.2 Å². The van der Waals surface area contributed by atoms with Gasteiger partial charge in [0.1, 0.15) is 0 Å². The molecule has 2 rings (SSSR count). The number of anilines is 1. The Morgan fingerprint density at radius 3 is 2.39 bits per heavy atom. The Kier molecular flexibility index (Phi) is 12.2. The zero-order valence-electron chi connectivity index (χ0n) is 16.4. The van der Waals surface area contributed by atoms with Gasteiger partial charge in [0.05, 0.1) is 10.9 Å². The van der Waals surface area contributed by atoms with Crippen LogP contribution in [0.1, 0.15) is 33.1 Å². The van der Waals surface area contributed by atoms with Gasteiger partial charge in [0.2, 0.25) is 15.9 Å². The van der Waals surface area contributed by atoms with Gasteiger partial charge in [0.15, 0.2) is 0 Å². The first-order valence-electron chi connectivity index (χ1n) is 9.20. The second-order valence-electron chi connectivity index (χ2n) is 6.99. The third kappa shape index (κ3) is 7.50. The summed E-state index contributed by atoms with van der Waals surface area (Å²) in [6, 6.07) is 6.08. The SMILES string of the molecule is CC(C)C(C(=O)Nc1cccc(S(=O)(=O)NCCN)c1)N1CCCCC1.Cl.Cl. The molecule has 1 aliphatic rings. The van der Waals surface area contributed by atoms with Crippen molar-refractivity contribution in [2.75, 3.05) is 31.5 Å². The fourth-order valence-corrected chi connectivity index (χ4v) is 4.41. The number of piperidine rings is 1. The Morgan fingerprint density at radius 1 is 1.18 bits per heavy atom. The number of nitrogens with one attached hydrogen (secondary N) is 2. The highest BCUT2D eigenvalue weighted by Gasteiger charge is 2.30. The minimum absolute atomic E-state index is 0. The summed E-state index contributed by atoms with van der Waals surface area (Å²) >= 11 is 0. The van der Waals surface area contributed by atoms with Crippen LogP contribution in [-0.4, -0.2) is 51.4 Å². The molecule has 162 valence electrons. The topological polar surface area (TPSA) is 105 Å². The summed E-state index contributed by atoms with van der Waals surface area (Å²) in [6.07, 6.45) is 3.42. The second-order valence-corrected chi connectivity index (χ2v) is 8.76. The van der Waals surface area contributed by atoms with Crippen molar-refractivity contribution < 1.29 is 13.2 Å². The van der Waals surface area contributed by atoms with E-state index in [4.69, 9.17) is 5.73 Å². The van der Waals surface area contributed by atoms with Crippen molar-refractivity contribution >= 4 is 46.4 Å². The van der Waals surface area contributed by atoms with Crippen molar-refractivity contribution in [1.82, 2.24) is 9.62 Å². The molecule has 1 unspecified atom stereocenters. The minimum atomic E-state index is -3.63. The van der Waals surface area contributed by atoms with Crippen LogP contribution in [0.5, 0.6) is 0 Å². The lowest BCUT2D eigenvalue weighted by atomic mass is 9.98. The van der Waals surface area contributed by atoms with E-state index in [1.807, 2.05) is 13.8 Å². The van der Waals surface area contributed by atoms with Gasteiger partial charge in [-0.15, -0.1) is 24.8 Å². The summed E-state index contributed by atoms with van der Waals surface area (Å²) in [4.78, 5) is 15.2. The number of sulfonamides is 1. The summed E-state index contributed by atoms with van der Waals surface area (Å²) in [5.74, 6) is 0.0811. The highest BCUT2D eigenvalue weighted by molar-refractivity contribution is 7.89. The number of likely N-dealkylation sites (tertiary alicyclic amines) is 1. The molecule has 0 spiro atoms. The van der Waals surface area contributed by atoms with Gasteiger partial charge in [0, 0.05) is 18.8 Å². The number of carbonyl (C=O) groups excluding carboxylic acids is 1. The summed E-state index contributed by atoms with van der Waals surface area (Å²) in [5.41, 5.74) is 5.83. The van der Waals surface area contributed by atoms with Crippen LogP contribution >= 0.6 is 24.8 Å². The fourth-order valence-electron chi connectivity index (χ4n) is 3.32. The summed E-state index contributed by atoms with van der Waals surface area (Å²) in [5, 5.41) is 2.89. The molecule has 0 aromatic heterocycles. The highest BCUT2D eigenvalue weighted by Crippen LogP contribution is 2.21. The first-order chi connectivity index (χ1) is 12.3. The number of nitrogens with two attached hydrogens (primary N) is 1. The standard InChI is InChI=1S/C18H30N4O3S.2ClH/c1-14(2)17(22-11-4-3-5-12-22)18(23)21-15-7-6-8-16(13-15)26(24,25)20-10-9-19;;/h6-8,13-14,17,20H,3-5,9-12,19H2,1-2H3,(H,21,23);2*1H. The monoisotopic (exact) mass is 454 g/mol. The number of halogens is 2. The normalized spacial score (nSPS) is 16.0. The van der Waals surface area contributed by atoms with E-state index >= 15 is 0 Å². The lowest BCUT2D eigenvalue weighted by Crippen LogP contribution is -2.49. The van der Waals surface area contributed by atoms with E-state index in [-0.39, 0.29) is 60.7 Å². The van der Waals surface area contributed by atoms with E-state index in [0.29, 0.717) is 5.69 Å². The Morgan fingerprint density at radius 2 is 1.82 bits per heavy atom. The molecule has 1 atom stereocenters. The maximum atomic E-state index is 12.9. The molecule has 1 heterocycles. The van der Waals surface area contributed by atoms with Crippen molar-refractivity contribution in [3.63, 3.8) is 0 Å². The molecule has 1 aromatic carbocycles. The lowest BCUT2D eigenvalue weighted by molar-refractivity contribution is -0.123. The third-order valence-corrected chi connectivity index (χ3v) is 5.99. The molecule has 1 aromatic rings. The molecule has 0 saturated carbocycles. The number of benzene rings is 1. The van der Waals surface area contributed by atoms with Crippen molar-refractivity contribution in [2.24, 2.45) is 11.7 Å². The Hall–Kier alpha value is -0.900. The molecule has 10 heteroatoms. The molecule has 1 fully saturated rings. The lowest BCUT2D eigenvalue weighted by Gasteiger charge is -2.35. The van der Waals surface area contributed by atoms with Crippen LogP contribution in [0, 0.1) is 5.92 Å². The average molecular weight is 455 g/mol. The Balaban J connectivity index is 0.00000364. The van der Waals surface area contributed by atoms with Crippen LogP contribution in [0.4, 0.5) is 5.69 Å². The van der Waals surface area contributed by atoms with Crippen LogP contribution < -0.4 is 15.8 Å². The number of hydrogen-bond acceptors (Lipinski definition) is 5. The van der Waals surface area contributed by atoms with E-state index in [1.165, 1.54) is 18.6 Å².